The van der Waals surface area contributed by atoms with Gasteiger partial charge in [0.2, 0.25) is 0 Å². The lowest BCUT2D eigenvalue weighted by atomic mass is 9.96. The zero-order chi connectivity index (χ0) is 23.7. The predicted molar refractivity (Wildman–Crippen MR) is 137 cm³/mol. The molecule has 0 unspecified atom stereocenters. The van der Waals surface area contributed by atoms with Crippen molar-refractivity contribution in [3.8, 4) is 22.6 Å². The molecule has 0 amide bonds. The first-order valence-electron chi connectivity index (χ1n) is 11.4. The fraction of sp³-hybridized carbons (Fsp3) is 0.138. The average molecular weight is 450 g/mol. The summed E-state index contributed by atoms with van der Waals surface area (Å²) in [5.74, 6) is -0.375. The molecule has 0 saturated heterocycles. The number of nitrogens with zero attached hydrogens (tertiary/aromatic N) is 2. The van der Waals surface area contributed by atoms with Gasteiger partial charge in [0, 0.05) is 29.7 Å². The minimum atomic E-state index is -0.963. The molecule has 34 heavy (non-hydrogen) atoms. The minimum Gasteiger partial charge on any atom is -0.478 e. The standard InChI is InChI=1S/C29H24N2O3/c1-3-31(4-2)20-14-15-22-24(21-10-6-7-11-23(21)29(32)33)18-28(34-27(22)17-20)26-16-13-19-9-5-8-12-25(19)30-26/h5-18H,3-4H2,1-2H3/p+1. The number of carbonyl (C=O) groups is 1. The Labute approximate surface area is 197 Å². The van der Waals surface area contributed by atoms with Gasteiger partial charge in [-0.2, -0.15) is 0 Å². The topological polar surface area (TPSA) is 64.7 Å². The molecule has 0 atom stereocenters. The predicted octanol–water partition coefficient (Wildman–Crippen LogP) is 7.14. The monoisotopic (exact) mass is 449 g/mol. The average Bonchev–Trinajstić information content (AvgIpc) is 2.88. The van der Waals surface area contributed by atoms with Crippen LogP contribution >= 0.6 is 0 Å². The van der Waals surface area contributed by atoms with Gasteiger partial charge in [-0.05, 0) is 49.7 Å². The zero-order valence-electron chi connectivity index (χ0n) is 19.2. The van der Waals surface area contributed by atoms with Crippen molar-refractivity contribution in [2.75, 3.05) is 18.0 Å². The van der Waals surface area contributed by atoms with E-state index in [2.05, 4.69) is 24.8 Å². The number of fused-ring (bicyclic) bond motifs is 2. The maximum atomic E-state index is 12.0. The van der Waals surface area contributed by atoms with Gasteiger partial charge in [0.1, 0.15) is 0 Å². The van der Waals surface area contributed by atoms with Crippen molar-refractivity contribution < 1.29 is 14.3 Å². The number of hydrogen-bond acceptors (Lipinski definition) is 3. The maximum absolute atomic E-state index is 12.0. The third-order valence-electron chi connectivity index (χ3n) is 6.18. The van der Waals surface area contributed by atoms with Crippen molar-refractivity contribution in [2.24, 2.45) is 0 Å². The highest BCUT2D eigenvalue weighted by atomic mass is 16.4. The second-order valence-electron chi connectivity index (χ2n) is 8.12. The van der Waals surface area contributed by atoms with E-state index in [1.165, 1.54) is 0 Å². The summed E-state index contributed by atoms with van der Waals surface area (Å²) in [7, 11) is 0. The molecule has 5 heteroatoms. The molecule has 5 rings (SSSR count). The van der Waals surface area contributed by atoms with Crippen LogP contribution in [0.2, 0.25) is 0 Å². The first-order valence-corrected chi connectivity index (χ1v) is 11.4. The van der Waals surface area contributed by atoms with E-state index in [0.717, 1.165) is 40.6 Å². The van der Waals surface area contributed by atoms with Crippen LogP contribution in [0.1, 0.15) is 24.2 Å². The van der Waals surface area contributed by atoms with E-state index in [-0.39, 0.29) is 5.56 Å². The number of anilines is 1. The third-order valence-corrected chi connectivity index (χ3v) is 6.18. The maximum Gasteiger partial charge on any atom is 0.379 e. The van der Waals surface area contributed by atoms with Crippen LogP contribution in [0.15, 0.2) is 89.3 Å². The van der Waals surface area contributed by atoms with E-state index in [4.69, 9.17) is 9.40 Å². The summed E-state index contributed by atoms with van der Waals surface area (Å²) < 4.78 is 6.40. The second-order valence-corrected chi connectivity index (χ2v) is 8.12. The fourth-order valence-electron chi connectivity index (χ4n) is 4.42. The van der Waals surface area contributed by atoms with Gasteiger partial charge >= 0.3 is 17.3 Å². The number of pyridine rings is 1. The molecular weight excluding hydrogens is 424 g/mol. The second kappa shape index (κ2) is 8.94. The molecule has 2 heterocycles. The Morgan fingerprint density at radius 1 is 0.882 bits per heavy atom. The largest absolute Gasteiger partial charge is 0.478 e. The molecule has 5 aromatic rings. The highest BCUT2D eigenvalue weighted by Gasteiger charge is 2.24. The normalized spacial score (nSPS) is 11.1. The van der Waals surface area contributed by atoms with Crippen LogP contribution in [-0.2, 0) is 0 Å². The van der Waals surface area contributed by atoms with E-state index in [1.54, 1.807) is 12.1 Å². The van der Waals surface area contributed by atoms with E-state index < -0.39 is 5.97 Å². The number of aromatic nitrogens is 1. The summed E-state index contributed by atoms with van der Waals surface area (Å²) >= 11 is 0. The van der Waals surface area contributed by atoms with Gasteiger partial charge in [0.15, 0.2) is 5.69 Å². The molecule has 0 radical (unpaired) electrons. The van der Waals surface area contributed by atoms with Crippen LogP contribution in [0.3, 0.4) is 0 Å². The Morgan fingerprint density at radius 3 is 2.44 bits per heavy atom. The lowest BCUT2D eigenvalue weighted by Gasteiger charge is -2.20. The van der Waals surface area contributed by atoms with Gasteiger partial charge in [-0.3, -0.25) is 0 Å². The third kappa shape index (κ3) is 3.86. The first-order chi connectivity index (χ1) is 16.6. The van der Waals surface area contributed by atoms with E-state index in [0.29, 0.717) is 22.6 Å². The Hall–Kier alpha value is -4.25. The lowest BCUT2D eigenvalue weighted by molar-refractivity contribution is 0.0697. The Balaban J connectivity index is 1.79. The van der Waals surface area contributed by atoms with Crippen molar-refractivity contribution in [1.29, 1.82) is 0 Å². The van der Waals surface area contributed by atoms with E-state index in [1.807, 2.05) is 66.7 Å². The molecule has 0 aliphatic carbocycles. The van der Waals surface area contributed by atoms with Crippen molar-refractivity contribution in [1.82, 2.24) is 4.98 Å². The number of benzene rings is 3. The first kappa shape index (κ1) is 21.6. The molecule has 5 nitrogen and oxygen atoms in total. The van der Waals surface area contributed by atoms with Gasteiger partial charge in [0.05, 0.1) is 28.6 Å². The number of hydrogen-bond donors (Lipinski definition) is 1. The van der Waals surface area contributed by atoms with Crippen LogP contribution in [0.4, 0.5) is 5.69 Å². The van der Waals surface area contributed by atoms with E-state index in [9.17, 15) is 9.90 Å². The molecule has 2 aromatic heterocycles. The van der Waals surface area contributed by atoms with Crippen molar-refractivity contribution in [3.63, 3.8) is 0 Å². The highest BCUT2D eigenvalue weighted by Crippen LogP contribution is 2.37. The summed E-state index contributed by atoms with van der Waals surface area (Å²) in [6, 6.07) is 27.0. The molecule has 0 bridgehead atoms. The zero-order valence-corrected chi connectivity index (χ0v) is 19.2. The fourth-order valence-corrected chi connectivity index (χ4v) is 4.42. The molecular formula is C29H25N2O3+. The Morgan fingerprint density at radius 2 is 1.65 bits per heavy atom. The van der Waals surface area contributed by atoms with Crippen molar-refractivity contribution in [3.05, 3.63) is 90.5 Å². The molecule has 0 aliphatic rings. The number of rotatable bonds is 6. The van der Waals surface area contributed by atoms with E-state index >= 15 is 0 Å². The Kier molecular flexibility index (Phi) is 5.68. The van der Waals surface area contributed by atoms with Crippen LogP contribution < -0.4 is 4.90 Å². The summed E-state index contributed by atoms with van der Waals surface area (Å²) in [5.41, 5.74) is 5.01. The molecule has 168 valence electrons. The van der Waals surface area contributed by atoms with Gasteiger partial charge < -0.3 is 10.0 Å². The smallest absolute Gasteiger partial charge is 0.379 e. The van der Waals surface area contributed by atoms with Gasteiger partial charge in [-0.15, -0.1) is 0 Å². The van der Waals surface area contributed by atoms with Gasteiger partial charge in [-0.25, -0.2) is 14.2 Å². The van der Waals surface area contributed by atoms with Crippen LogP contribution in [-0.4, -0.2) is 29.1 Å². The summed E-state index contributed by atoms with van der Waals surface area (Å²) in [6.07, 6.45) is 0. The molecule has 0 aliphatic heterocycles. The van der Waals surface area contributed by atoms with Crippen molar-refractivity contribution >= 4 is 33.5 Å². The Bertz CT molecular complexity index is 1520. The van der Waals surface area contributed by atoms with Crippen LogP contribution in [0.25, 0.3) is 44.5 Å². The lowest BCUT2D eigenvalue weighted by Crippen LogP contribution is -2.21. The van der Waals surface area contributed by atoms with Crippen LogP contribution in [0.5, 0.6) is 0 Å². The summed E-state index contributed by atoms with van der Waals surface area (Å²) in [4.78, 5) is 19.1. The quantitative estimate of drug-likeness (QED) is 0.279. The molecule has 1 N–H and O–H groups in total. The van der Waals surface area contributed by atoms with Gasteiger partial charge in [-0.1, -0.05) is 42.5 Å². The SMILES string of the molecule is CCN(CC)c1ccc2c(-c3ccccc3C(=O)O)cc(-c3ccc4ccccc4n3)[o+]c2c1. The summed E-state index contributed by atoms with van der Waals surface area (Å²) in [6.45, 7) is 5.99. The van der Waals surface area contributed by atoms with Gasteiger partial charge in [0.25, 0.3) is 0 Å². The van der Waals surface area contributed by atoms with Crippen LogP contribution in [0, 0.1) is 0 Å². The van der Waals surface area contributed by atoms with Crippen molar-refractivity contribution in [2.45, 2.75) is 13.8 Å². The number of aromatic carboxylic acids is 1. The summed E-state index contributed by atoms with van der Waals surface area (Å²) in [5, 5.41) is 11.7. The number of para-hydroxylation sites is 1. The number of carboxylic acids is 1. The molecule has 0 spiro atoms. The highest BCUT2D eigenvalue weighted by molar-refractivity contribution is 6.03. The molecule has 3 aromatic carbocycles. The number of carboxylic acid groups (broad SMARTS) is 1. The molecule has 0 fully saturated rings. The molecule has 0 saturated carbocycles. The minimum absolute atomic E-state index is 0.250.